The van der Waals surface area contributed by atoms with Gasteiger partial charge in [-0.15, -0.1) is 11.3 Å². The Morgan fingerprint density at radius 3 is 2.52 bits per heavy atom. The van der Waals surface area contributed by atoms with E-state index in [9.17, 15) is 17.6 Å². The van der Waals surface area contributed by atoms with Crippen LogP contribution in [0.1, 0.15) is 9.67 Å². The van der Waals surface area contributed by atoms with Crippen molar-refractivity contribution in [3.63, 3.8) is 0 Å². The highest BCUT2D eigenvalue weighted by atomic mass is 79.9. The lowest BCUT2D eigenvalue weighted by Gasteiger charge is -2.10. The van der Waals surface area contributed by atoms with Crippen LogP contribution in [0.25, 0.3) is 5.69 Å². The molecule has 10 heteroatoms. The summed E-state index contributed by atoms with van der Waals surface area (Å²) in [5, 5.41) is 8.98. The summed E-state index contributed by atoms with van der Waals surface area (Å²) >= 11 is 3.68. The van der Waals surface area contributed by atoms with Gasteiger partial charge in [-0.3, -0.25) is 4.72 Å². The zero-order valence-electron chi connectivity index (χ0n) is 12.3. The van der Waals surface area contributed by atoms with Crippen molar-refractivity contribution in [3.05, 3.63) is 64.0 Å². The number of halogens is 2. The second-order valence-electron chi connectivity index (χ2n) is 4.91. The Balaban J connectivity index is 1.97. The van der Waals surface area contributed by atoms with Crippen LogP contribution in [-0.2, 0) is 10.0 Å². The van der Waals surface area contributed by atoms with Crippen LogP contribution in [0, 0.1) is 5.82 Å². The smallest absolute Gasteiger partial charge is 0.345 e. The van der Waals surface area contributed by atoms with Crippen molar-refractivity contribution in [2.45, 2.75) is 4.21 Å². The van der Waals surface area contributed by atoms with Crippen LogP contribution in [0.3, 0.4) is 0 Å². The fraction of sp³-hybridized carbons (Fsp3) is 0. The van der Waals surface area contributed by atoms with Crippen molar-refractivity contribution in [2.75, 3.05) is 4.72 Å². The third-order valence-corrected chi connectivity index (χ3v) is 7.38. The number of aromatic nitrogens is 1. The average molecular weight is 445 g/mol. The summed E-state index contributed by atoms with van der Waals surface area (Å²) in [5.74, 6) is -1.73. The van der Waals surface area contributed by atoms with E-state index >= 15 is 0 Å². The molecule has 0 saturated heterocycles. The number of carbonyl (C=O) groups is 1. The number of nitrogens with one attached hydrogen (secondary N) is 1. The monoisotopic (exact) mass is 444 g/mol. The number of hydrogen-bond donors (Lipinski definition) is 2. The molecule has 0 unspecified atom stereocenters. The summed E-state index contributed by atoms with van der Waals surface area (Å²) in [6.07, 6.45) is 3.26. The molecule has 1 aromatic carbocycles. The molecule has 6 nitrogen and oxygen atoms in total. The van der Waals surface area contributed by atoms with Crippen LogP contribution in [-0.4, -0.2) is 24.1 Å². The van der Waals surface area contributed by atoms with Crippen LogP contribution >= 0.6 is 27.3 Å². The van der Waals surface area contributed by atoms with Crippen molar-refractivity contribution in [3.8, 4) is 5.69 Å². The lowest BCUT2D eigenvalue weighted by molar-refractivity contribution is 0.0702. The van der Waals surface area contributed by atoms with Crippen LogP contribution in [0.5, 0.6) is 0 Å². The van der Waals surface area contributed by atoms with Gasteiger partial charge in [-0.1, -0.05) is 0 Å². The van der Waals surface area contributed by atoms with Crippen LogP contribution in [0.15, 0.2) is 57.5 Å². The maximum Gasteiger partial charge on any atom is 0.345 e. The molecule has 2 heterocycles. The Kier molecular flexibility index (Phi) is 4.67. The molecular weight excluding hydrogens is 435 g/mol. The minimum Gasteiger partial charge on any atom is -0.477 e. The lowest BCUT2D eigenvalue weighted by Crippen LogP contribution is -2.12. The molecule has 0 spiro atoms. The third kappa shape index (κ3) is 3.60. The number of rotatable bonds is 5. The number of sulfonamides is 1. The first-order valence-electron chi connectivity index (χ1n) is 6.76. The summed E-state index contributed by atoms with van der Waals surface area (Å²) < 4.78 is 42.8. The largest absolute Gasteiger partial charge is 0.477 e. The fourth-order valence-corrected chi connectivity index (χ4v) is 5.67. The van der Waals surface area contributed by atoms with E-state index in [-0.39, 0.29) is 24.9 Å². The molecule has 3 aromatic rings. The summed E-state index contributed by atoms with van der Waals surface area (Å²) in [5.41, 5.74) is 0.337. The van der Waals surface area contributed by atoms with Gasteiger partial charge in [0.25, 0.3) is 10.0 Å². The van der Waals surface area contributed by atoms with Gasteiger partial charge in [0.2, 0.25) is 0 Å². The Labute approximate surface area is 154 Å². The standard InChI is InChI=1S/C15H10BrFN2O4S2/c16-10-8-13(14(20)21)24-15(10)25(22,23)18-9-3-4-11(17)12(7-9)19-5-1-2-6-19/h1-8,18H,(H,20,21). The molecule has 0 aliphatic heterocycles. The van der Waals surface area contributed by atoms with Crippen molar-refractivity contribution in [1.82, 2.24) is 4.57 Å². The summed E-state index contributed by atoms with van der Waals surface area (Å²) in [6, 6.07) is 8.45. The maximum absolute atomic E-state index is 14.0. The molecule has 2 aromatic heterocycles. The zero-order chi connectivity index (χ0) is 18.2. The normalized spacial score (nSPS) is 11.4. The predicted molar refractivity (Wildman–Crippen MR) is 95.5 cm³/mol. The Bertz CT molecular complexity index is 1050. The number of benzene rings is 1. The second kappa shape index (κ2) is 6.62. The highest BCUT2D eigenvalue weighted by Crippen LogP contribution is 2.33. The van der Waals surface area contributed by atoms with Crippen molar-refractivity contribution >= 4 is 48.9 Å². The molecule has 0 amide bonds. The molecule has 3 rings (SSSR count). The lowest BCUT2D eigenvalue weighted by atomic mass is 10.2. The molecule has 130 valence electrons. The highest BCUT2D eigenvalue weighted by Gasteiger charge is 2.24. The average Bonchev–Trinajstić information content (AvgIpc) is 3.18. The van der Waals surface area contributed by atoms with Gasteiger partial charge in [-0.25, -0.2) is 17.6 Å². The van der Waals surface area contributed by atoms with E-state index in [1.807, 2.05) is 0 Å². The van der Waals surface area contributed by atoms with E-state index in [1.165, 1.54) is 22.8 Å². The first kappa shape index (κ1) is 17.6. The SMILES string of the molecule is O=C(O)c1cc(Br)c(S(=O)(=O)Nc2ccc(F)c(-n3cccc3)c2)s1. The molecule has 2 N–H and O–H groups in total. The fourth-order valence-electron chi connectivity index (χ4n) is 2.11. The summed E-state index contributed by atoms with van der Waals surface area (Å²) in [6.45, 7) is 0. The Morgan fingerprint density at radius 1 is 1.24 bits per heavy atom. The number of thiophene rings is 1. The highest BCUT2D eigenvalue weighted by molar-refractivity contribution is 9.10. The van der Waals surface area contributed by atoms with Gasteiger partial charge in [0.1, 0.15) is 10.7 Å². The number of carboxylic acids is 1. The predicted octanol–water partition coefficient (Wildman–Crippen LogP) is 3.94. The van der Waals surface area contributed by atoms with E-state index < -0.39 is 21.8 Å². The molecular formula is C15H10BrFN2O4S2. The Morgan fingerprint density at radius 2 is 1.92 bits per heavy atom. The van der Waals surface area contributed by atoms with Crippen LogP contribution in [0.2, 0.25) is 0 Å². The minimum absolute atomic E-state index is 0.112. The van der Waals surface area contributed by atoms with Crippen molar-refractivity contribution in [1.29, 1.82) is 0 Å². The first-order chi connectivity index (χ1) is 11.8. The Hall–Kier alpha value is -2.17. The van der Waals surface area contributed by atoms with E-state index in [4.69, 9.17) is 5.11 Å². The van der Waals surface area contributed by atoms with Gasteiger partial charge in [-0.2, -0.15) is 0 Å². The molecule has 0 fully saturated rings. The van der Waals surface area contributed by atoms with Gasteiger partial charge in [0, 0.05) is 16.9 Å². The zero-order valence-corrected chi connectivity index (χ0v) is 15.5. The maximum atomic E-state index is 14.0. The van der Waals surface area contributed by atoms with Gasteiger partial charge in [0.15, 0.2) is 4.21 Å². The molecule has 0 saturated carbocycles. The summed E-state index contributed by atoms with van der Waals surface area (Å²) in [4.78, 5) is 10.9. The van der Waals surface area contributed by atoms with Crippen molar-refractivity contribution < 1.29 is 22.7 Å². The van der Waals surface area contributed by atoms with Gasteiger partial charge < -0.3 is 9.67 Å². The van der Waals surface area contributed by atoms with Gasteiger partial charge in [-0.05, 0) is 52.3 Å². The van der Waals surface area contributed by atoms with Crippen LogP contribution in [0.4, 0.5) is 10.1 Å². The van der Waals surface area contributed by atoms with Crippen LogP contribution < -0.4 is 4.72 Å². The third-order valence-electron chi connectivity index (χ3n) is 3.19. The number of nitrogens with zero attached hydrogens (tertiary/aromatic N) is 1. The number of carboxylic acid groups (broad SMARTS) is 1. The van der Waals surface area contributed by atoms with E-state index in [0.717, 1.165) is 6.07 Å². The number of hydrogen-bond acceptors (Lipinski definition) is 4. The molecule has 0 aliphatic rings. The number of aromatic carboxylic acids is 1. The van der Waals surface area contributed by atoms with E-state index in [2.05, 4.69) is 20.7 Å². The van der Waals surface area contributed by atoms with Gasteiger partial charge >= 0.3 is 5.97 Å². The second-order valence-corrected chi connectivity index (χ2v) is 8.70. The molecule has 0 radical (unpaired) electrons. The van der Waals surface area contributed by atoms with E-state index in [0.29, 0.717) is 11.3 Å². The topological polar surface area (TPSA) is 88.4 Å². The van der Waals surface area contributed by atoms with E-state index in [1.54, 1.807) is 24.5 Å². The summed E-state index contributed by atoms with van der Waals surface area (Å²) in [7, 11) is -4.03. The number of anilines is 1. The molecule has 0 bridgehead atoms. The van der Waals surface area contributed by atoms with Gasteiger partial charge in [0.05, 0.1) is 11.4 Å². The molecule has 0 aliphatic carbocycles. The first-order valence-corrected chi connectivity index (χ1v) is 9.85. The molecule has 0 atom stereocenters. The van der Waals surface area contributed by atoms with Crippen molar-refractivity contribution in [2.24, 2.45) is 0 Å². The minimum atomic E-state index is -4.03. The quantitative estimate of drug-likeness (QED) is 0.623. The molecule has 25 heavy (non-hydrogen) atoms.